The second-order valence-corrected chi connectivity index (χ2v) is 6.34. The quantitative estimate of drug-likeness (QED) is 0.636. The summed E-state index contributed by atoms with van der Waals surface area (Å²) in [6.45, 7) is 2.42. The number of fused-ring (bicyclic) bond motifs is 1. The SMILES string of the molecule is CCn1nccc1C(=O)N=c1sc2cc(OC)ccc2n1CC(=O)OC. The minimum atomic E-state index is -0.423. The van der Waals surface area contributed by atoms with E-state index in [1.807, 2.05) is 19.1 Å². The monoisotopic (exact) mass is 374 g/mol. The Hall–Kier alpha value is -2.94. The van der Waals surface area contributed by atoms with Crippen molar-refractivity contribution in [2.45, 2.75) is 20.0 Å². The van der Waals surface area contributed by atoms with Gasteiger partial charge in [0.05, 0.1) is 24.4 Å². The molecule has 1 amide bonds. The highest BCUT2D eigenvalue weighted by Crippen LogP contribution is 2.23. The molecule has 136 valence electrons. The van der Waals surface area contributed by atoms with Crippen molar-refractivity contribution >= 4 is 33.4 Å². The van der Waals surface area contributed by atoms with Gasteiger partial charge in [-0.25, -0.2) is 0 Å². The van der Waals surface area contributed by atoms with Crippen LogP contribution >= 0.6 is 11.3 Å². The summed E-state index contributed by atoms with van der Waals surface area (Å²) >= 11 is 1.30. The van der Waals surface area contributed by atoms with Crippen molar-refractivity contribution in [2.75, 3.05) is 14.2 Å². The average Bonchev–Trinajstić information content (AvgIpc) is 3.26. The molecular formula is C17H18N4O4S. The van der Waals surface area contributed by atoms with Crippen molar-refractivity contribution in [3.05, 3.63) is 41.0 Å². The number of amides is 1. The minimum Gasteiger partial charge on any atom is -0.497 e. The van der Waals surface area contributed by atoms with Gasteiger partial charge in [0.1, 0.15) is 18.0 Å². The van der Waals surface area contributed by atoms with Crippen LogP contribution < -0.4 is 9.54 Å². The molecule has 0 aliphatic rings. The lowest BCUT2D eigenvalue weighted by Gasteiger charge is -2.04. The predicted molar refractivity (Wildman–Crippen MR) is 96.2 cm³/mol. The molecule has 0 N–H and O–H groups in total. The highest BCUT2D eigenvalue weighted by molar-refractivity contribution is 7.16. The summed E-state index contributed by atoms with van der Waals surface area (Å²) in [7, 11) is 2.90. The number of ether oxygens (including phenoxy) is 2. The van der Waals surface area contributed by atoms with Crippen LogP contribution in [0.25, 0.3) is 10.2 Å². The third-order valence-corrected chi connectivity index (χ3v) is 4.88. The highest BCUT2D eigenvalue weighted by Gasteiger charge is 2.15. The lowest BCUT2D eigenvalue weighted by molar-refractivity contribution is -0.141. The summed E-state index contributed by atoms with van der Waals surface area (Å²) in [5.41, 5.74) is 1.17. The van der Waals surface area contributed by atoms with Gasteiger partial charge in [-0.3, -0.25) is 14.3 Å². The molecule has 8 nitrogen and oxygen atoms in total. The molecule has 3 rings (SSSR count). The normalized spacial score (nSPS) is 11.7. The lowest BCUT2D eigenvalue weighted by Crippen LogP contribution is -2.23. The molecule has 26 heavy (non-hydrogen) atoms. The summed E-state index contributed by atoms with van der Waals surface area (Å²) in [6, 6.07) is 7.08. The van der Waals surface area contributed by atoms with Crippen LogP contribution in [0.5, 0.6) is 5.75 Å². The maximum absolute atomic E-state index is 12.6. The van der Waals surface area contributed by atoms with E-state index in [-0.39, 0.29) is 6.54 Å². The molecule has 0 aliphatic heterocycles. The molecule has 9 heteroatoms. The number of thiazole rings is 1. The zero-order valence-corrected chi connectivity index (χ0v) is 15.4. The number of methoxy groups -OCH3 is 2. The Kier molecular flexibility index (Phi) is 5.17. The molecule has 0 saturated heterocycles. The smallest absolute Gasteiger partial charge is 0.325 e. The van der Waals surface area contributed by atoms with Crippen molar-refractivity contribution < 1.29 is 19.1 Å². The lowest BCUT2D eigenvalue weighted by atomic mass is 10.3. The Morgan fingerprint density at radius 1 is 1.27 bits per heavy atom. The zero-order chi connectivity index (χ0) is 18.7. The highest BCUT2D eigenvalue weighted by atomic mass is 32.1. The summed E-state index contributed by atoms with van der Waals surface area (Å²) in [4.78, 5) is 29.0. The Labute approximate surface area is 153 Å². The second-order valence-electron chi connectivity index (χ2n) is 5.33. The van der Waals surface area contributed by atoms with E-state index in [0.717, 1.165) is 10.2 Å². The first-order valence-corrected chi connectivity index (χ1v) is 8.74. The van der Waals surface area contributed by atoms with Crippen LogP contribution in [0.1, 0.15) is 17.4 Å². The van der Waals surface area contributed by atoms with Gasteiger partial charge in [-0.15, -0.1) is 0 Å². The molecule has 0 saturated carbocycles. The number of aryl methyl sites for hydroxylation is 1. The van der Waals surface area contributed by atoms with Gasteiger partial charge in [0.2, 0.25) is 0 Å². The topological polar surface area (TPSA) is 87.7 Å². The van der Waals surface area contributed by atoms with Crippen LogP contribution in [-0.4, -0.2) is 40.4 Å². The van der Waals surface area contributed by atoms with Crippen molar-refractivity contribution in [3.8, 4) is 5.75 Å². The third kappa shape index (κ3) is 3.38. The van der Waals surface area contributed by atoms with Gasteiger partial charge in [-0.2, -0.15) is 10.1 Å². The van der Waals surface area contributed by atoms with Crippen LogP contribution in [0.15, 0.2) is 35.5 Å². The first-order valence-electron chi connectivity index (χ1n) is 7.92. The van der Waals surface area contributed by atoms with E-state index in [1.165, 1.54) is 18.4 Å². The molecule has 0 fully saturated rings. The van der Waals surface area contributed by atoms with Crippen LogP contribution in [0.2, 0.25) is 0 Å². The van der Waals surface area contributed by atoms with Gasteiger partial charge >= 0.3 is 5.97 Å². The fourth-order valence-electron chi connectivity index (χ4n) is 2.52. The maximum atomic E-state index is 12.6. The van der Waals surface area contributed by atoms with Crippen LogP contribution in [0.4, 0.5) is 0 Å². The van der Waals surface area contributed by atoms with Gasteiger partial charge in [-0.1, -0.05) is 11.3 Å². The number of esters is 1. The Bertz CT molecular complexity index is 1030. The van der Waals surface area contributed by atoms with Crippen molar-refractivity contribution in [1.29, 1.82) is 0 Å². The molecule has 0 bridgehead atoms. The number of benzene rings is 1. The number of nitrogens with zero attached hydrogens (tertiary/aromatic N) is 4. The maximum Gasteiger partial charge on any atom is 0.325 e. The Morgan fingerprint density at radius 2 is 2.08 bits per heavy atom. The van der Waals surface area contributed by atoms with E-state index in [4.69, 9.17) is 9.47 Å². The average molecular weight is 374 g/mol. The van der Waals surface area contributed by atoms with E-state index in [0.29, 0.717) is 22.8 Å². The minimum absolute atomic E-state index is 0.0397. The number of carbonyl (C=O) groups excluding carboxylic acids is 2. The molecule has 2 heterocycles. The molecular weight excluding hydrogens is 356 g/mol. The number of hydrogen-bond acceptors (Lipinski definition) is 6. The number of carbonyl (C=O) groups is 2. The summed E-state index contributed by atoms with van der Waals surface area (Å²) in [6.07, 6.45) is 1.56. The van der Waals surface area contributed by atoms with Crippen molar-refractivity contribution in [3.63, 3.8) is 0 Å². The fraction of sp³-hybridized carbons (Fsp3) is 0.294. The molecule has 0 spiro atoms. The van der Waals surface area contributed by atoms with E-state index >= 15 is 0 Å². The van der Waals surface area contributed by atoms with Gasteiger partial charge in [0, 0.05) is 12.7 Å². The number of rotatable bonds is 5. The first-order chi connectivity index (χ1) is 12.6. The van der Waals surface area contributed by atoms with E-state index in [1.54, 1.807) is 34.7 Å². The van der Waals surface area contributed by atoms with E-state index in [2.05, 4.69) is 10.1 Å². The van der Waals surface area contributed by atoms with Gasteiger partial charge < -0.3 is 14.0 Å². The summed E-state index contributed by atoms with van der Waals surface area (Å²) in [5, 5.41) is 4.09. The van der Waals surface area contributed by atoms with Crippen LogP contribution in [0.3, 0.4) is 0 Å². The predicted octanol–water partition coefficient (Wildman–Crippen LogP) is 1.84. The first kappa shape index (κ1) is 17.9. The van der Waals surface area contributed by atoms with Crippen molar-refractivity contribution in [2.24, 2.45) is 4.99 Å². The van der Waals surface area contributed by atoms with Crippen LogP contribution in [0, 0.1) is 0 Å². The third-order valence-electron chi connectivity index (χ3n) is 3.84. The van der Waals surface area contributed by atoms with E-state index < -0.39 is 11.9 Å². The fourth-order valence-corrected chi connectivity index (χ4v) is 3.58. The van der Waals surface area contributed by atoms with Gasteiger partial charge in [0.25, 0.3) is 5.91 Å². The molecule has 2 aromatic heterocycles. The summed E-state index contributed by atoms with van der Waals surface area (Å²) < 4.78 is 14.1. The molecule has 3 aromatic rings. The Balaban J connectivity index is 2.15. The van der Waals surface area contributed by atoms with E-state index in [9.17, 15) is 9.59 Å². The van der Waals surface area contributed by atoms with Crippen LogP contribution in [-0.2, 0) is 22.6 Å². The molecule has 0 radical (unpaired) electrons. The van der Waals surface area contributed by atoms with Gasteiger partial charge in [-0.05, 0) is 31.2 Å². The van der Waals surface area contributed by atoms with Gasteiger partial charge in [0.15, 0.2) is 4.80 Å². The van der Waals surface area contributed by atoms with Crippen molar-refractivity contribution in [1.82, 2.24) is 14.3 Å². The summed E-state index contributed by atoms with van der Waals surface area (Å²) in [5.74, 6) is -0.152. The molecule has 0 aliphatic carbocycles. The second kappa shape index (κ2) is 7.52. The molecule has 1 aromatic carbocycles. The largest absolute Gasteiger partial charge is 0.497 e. The standard InChI is InChI=1S/C17H18N4O4S/c1-4-21-13(7-8-18-21)16(23)19-17-20(10-15(22)25-3)12-6-5-11(24-2)9-14(12)26-17/h5-9H,4,10H2,1-3H3. The number of hydrogen-bond donors (Lipinski definition) is 0. The Morgan fingerprint density at radius 3 is 2.77 bits per heavy atom. The molecule has 0 atom stereocenters. The zero-order valence-electron chi connectivity index (χ0n) is 14.6. The number of aromatic nitrogens is 3. The molecule has 0 unspecified atom stereocenters.